The van der Waals surface area contributed by atoms with Crippen molar-refractivity contribution >= 4 is 0 Å². The van der Waals surface area contributed by atoms with Gasteiger partial charge < -0.3 is 5.11 Å². The molecule has 1 aromatic rings. The predicted molar refractivity (Wildman–Crippen MR) is 57.6 cm³/mol. The van der Waals surface area contributed by atoms with Gasteiger partial charge in [0, 0.05) is 13.2 Å². The Morgan fingerprint density at radius 3 is 2.64 bits per heavy atom. The smallest absolute Gasteiger partial charge is 0.0711 e. The lowest BCUT2D eigenvalue weighted by Gasteiger charge is -2.11. The van der Waals surface area contributed by atoms with Gasteiger partial charge in [-0.1, -0.05) is 36.3 Å². The molecule has 2 N–H and O–H groups in total. The van der Waals surface area contributed by atoms with Gasteiger partial charge in [-0.05, 0) is 12.0 Å². The molecule has 0 amide bonds. The molecule has 1 unspecified atom stereocenters. The molecule has 0 aliphatic heterocycles. The fraction of sp³-hybridized carbons (Fsp3) is 0.333. The van der Waals surface area contributed by atoms with Gasteiger partial charge in [0.1, 0.15) is 0 Å². The number of aliphatic hydroxyl groups is 1. The lowest BCUT2D eigenvalue weighted by atomic mass is 10.2. The minimum atomic E-state index is -0.0415. The summed E-state index contributed by atoms with van der Waals surface area (Å²) >= 11 is 0. The maximum Gasteiger partial charge on any atom is 0.0711 e. The monoisotopic (exact) mass is 189 g/mol. The van der Waals surface area contributed by atoms with Crippen molar-refractivity contribution in [3.05, 3.63) is 35.9 Å². The highest BCUT2D eigenvalue weighted by molar-refractivity contribution is 5.15. The largest absolute Gasteiger partial charge is 0.396 e. The van der Waals surface area contributed by atoms with Crippen molar-refractivity contribution < 1.29 is 5.11 Å². The number of hydrogen-bond acceptors (Lipinski definition) is 2. The fourth-order valence-corrected chi connectivity index (χ4v) is 1.21. The molecule has 0 saturated heterocycles. The molecule has 1 rings (SSSR count). The van der Waals surface area contributed by atoms with Gasteiger partial charge in [-0.2, -0.15) is 0 Å². The molecule has 0 heterocycles. The summed E-state index contributed by atoms with van der Waals surface area (Å²) in [5.41, 5.74) is 1.20. The molecule has 0 spiro atoms. The van der Waals surface area contributed by atoms with Crippen molar-refractivity contribution in [1.82, 2.24) is 5.32 Å². The molecule has 2 heteroatoms. The first-order valence-electron chi connectivity index (χ1n) is 4.71. The Morgan fingerprint density at radius 2 is 2.07 bits per heavy atom. The standard InChI is InChI=1S/C12H15NO/c1-2-12(8-9-14)13-10-11-6-4-3-5-7-11/h1,3-7,12-14H,8-10H2. The predicted octanol–water partition coefficient (Wildman–Crippen LogP) is 1.16. The molecule has 1 aromatic carbocycles. The van der Waals surface area contributed by atoms with E-state index >= 15 is 0 Å². The number of benzene rings is 1. The van der Waals surface area contributed by atoms with E-state index in [9.17, 15) is 0 Å². The van der Waals surface area contributed by atoms with Crippen LogP contribution in [0.5, 0.6) is 0 Å². The van der Waals surface area contributed by atoms with E-state index in [1.54, 1.807) is 0 Å². The second-order valence-electron chi connectivity index (χ2n) is 3.10. The zero-order chi connectivity index (χ0) is 10.2. The summed E-state index contributed by atoms with van der Waals surface area (Å²) in [4.78, 5) is 0. The van der Waals surface area contributed by atoms with Crippen LogP contribution >= 0.6 is 0 Å². The molecule has 2 nitrogen and oxygen atoms in total. The maximum absolute atomic E-state index is 8.73. The lowest BCUT2D eigenvalue weighted by molar-refractivity contribution is 0.276. The molecular weight excluding hydrogens is 174 g/mol. The summed E-state index contributed by atoms with van der Waals surface area (Å²) in [6.45, 7) is 0.867. The normalized spacial score (nSPS) is 12.0. The number of hydrogen-bond donors (Lipinski definition) is 2. The van der Waals surface area contributed by atoms with Crippen molar-refractivity contribution in [1.29, 1.82) is 0 Å². The van der Waals surface area contributed by atoms with E-state index in [2.05, 4.69) is 11.2 Å². The molecule has 1 atom stereocenters. The van der Waals surface area contributed by atoms with Crippen LogP contribution in [0.1, 0.15) is 12.0 Å². The molecule has 0 aliphatic rings. The van der Waals surface area contributed by atoms with Crippen LogP contribution in [0.4, 0.5) is 0 Å². The van der Waals surface area contributed by atoms with Crippen molar-refractivity contribution in [2.24, 2.45) is 0 Å². The molecule has 0 bridgehead atoms. The van der Waals surface area contributed by atoms with Crippen molar-refractivity contribution in [3.8, 4) is 12.3 Å². The molecule has 0 aliphatic carbocycles. The summed E-state index contributed by atoms with van der Waals surface area (Å²) in [5, 5.41) is 11.9. The second kappa shape index (κ2) is 6.20. The Bertz CT molecular complexity index is 289. The summed E-state index contributed by atoms with van der Waals surface area (Å²) in [5.74, 6) is 2.60. The van der Waals surface area contributed by atoms with Crippen LogP contribution in [0, 0.1) is 12.3 Å². The average molecular weight is 189 g/mol. The number of nitrogens with one attached hydrogen (secondary N) is 1. The Labute approximate surface area is 85.0 Å². The Kier molecular flexibility index (Phi) is 4.77. The molecule has 14 heavy (non-hydrogen) atoms. The Morgan fingerprint density at radius 1 is 1.36 bits per heavy atom. The molecule has 0 radical (unpaired) electrons. The minimum Gasteiger partial charge on any atom is -0.396 e. The zero-order valence-corrected chi connectivity index (χ0v) is 8.11. The first-order chi connectivity index (χ1) is 6.86. The van der Waals surface area contributed by atoms with E-state index < -0.39 is 0 Å². The van der Waals surface area contributed by atoms with Gasteiger partial charge in [0.05, 0.1) is 6.04 Å². The summed E-state index contributed by atoms with van der Waals surface area (Å²) in [6.07, 6.45) is 5.90. The third-order valence-corrected chi connectivity index (χ3v) is 2.01. The van der Waals surface area contributed by atoms with Crippen molar-refractivity contribution in [3.63, 3.8) is 0 Å². The van der Waals surface area contributed by atoms with Gasteiger partial charge in [0.2, 0.25) is 0 Å². The van der Waals surface area contributed by atoms with E-state index in [0.29, 0.717) is 6.42 Å². The number of terminal acetylenes is 1. The number of aliphatic hydroxyl groups excluding tert-OH is 1. The SMILES string of the molecule is C#CC(CCO)NCc1ccccc1. The van der Waals surface area contributed by atoms with Crippen LogP contribution < -0.4 is 5.32 Å². The fourth-order valence-electron chi connectivity index (χ4n) is 1.21. The topological polar surface area (TPSA) is 32.3 Å². The summed E-state index contributed by atoms with van der Waals surface area (Å²) in [7, 11) is 0. The van der Waals surface area contributed by atoms with E-state index in [-0.39, 0.29) is 12.6 Å². The summed E-state index contributed by atoms with van der Waals surface area (Å²) in [6, 6.07) is 10.0. The quantitative estimate of drug-likeness (QED) is 0.681. The Balaban J connectivity index is 2.37. The molecule has 74 valence electrons. The first-order valence-corrected chi connectivity index (χ1v) is 4.71. The van der Waals surface area contributed by atoms with Gasteiger partial charge >= 0.3 is 0 Å². The summed E-state index contributed by atoms with van der Waals surface area (Å²) < 4.78 is 0. The maximum atomic E-state index is 8.73. The third kappa shape index (κ3) is 3.61. The van der Waals surface area contributed by atoms with Crippen LogP contribution in [0.2, 0.25) is 0 Å². The Hall–Kier alpha value is -1.30. The lowest BCUT2D eigenvalue weighted by Crippen LogP contribution is -2.27. The van der Waals surface area contributed by atoms with Gasteiger partial charge in [0.25, 0.3) is 0 Å². The van der Waals surface area contributed by atoms with Crippen LogP contribution in [0.25, 0.3) is 0 Å². The average Bonchev–Trinajstić information content (AvgIpc) is 2.25. The highest BCUT2D eigenvalue weighted by Crippen LogP contribution is 1.99. The van der Waals surface area contributed by atoms with Crippen molar-refractivity contribution in [2.45, 2.75) is 19.0 Å². The van der Waals surface area contributed by atoms with Gasteiger partial charge in [-0.25, -0.2) is 0 Å². The second-order valence-corrected chi connectivity index (χ2v) is 3.10. The minimum absolute atomic E-state index is 0.0415. The van der Waals surface area contributed by atoms with Crippen LogP contribution in [-0.4, -0.2) is 17.8 Å². The highest BCUT2D eigenvalue weighted by atomic mass is 16.3. The number of rotatable bonds is 5. The molecule has 0 saturated carbocycles. The molecule has 0 fully saturated rings. The van der Waals surface area contributed by atoms with Crippen LogP contribution in [-0.2, 0) is 6.54 Å². The van der Waals surface area contributed by atoms with E-state index in [0.717, 1.165) is 6.54 Å². The van der Waals surface area contributed by atoms with Crippen LogP contribution in [0.15, 0.2) is 30.3 Å². The van der Waals surface area contributed by atoms with Crippen molar-refractivity contribution in [2.75, 3.05) is 6.61 Å². The van der Waals surface area contributed by atoms with Gasteiger partial charge in [-0.3, -0.25) is 5.32 Å². The van der Waals surface area contributed by atoms with Crippen LogP contribution in [0.3, 0.4) is 0 Å². The highest BCUT2D eigenvalue weighted by Gasteiger charge is 2.02. The van der Waals surface area contributed by atoms with E-state index in [1.807, 2.05) is 30.3 Å². The van der Waals surface area contributed by atoms with E-state index in [4.69, 9.17) is 11.5 Å². The third-order valence-electron chi connectivity index (χ3n) is 2.01. The van der Waals surface area contributed by atoms with Gasteiger partial charge in [-0.15, -0.1) is 6.42 Å². The molecular formula is C12H15NO. The zero-order valence-electron chi connectivity index (χ0n) is 8.11. The molecule has 0 aromatic heterocycles. The first kappa shape index (κ1) is 10.8. The van der Waals surface area contributed by atoms with E-state index in [1.165, 1.54) is 5.56 Å². The van der Waals surface area contributed by atoms with Gasteiger partial charge in [0.15, 0.2) is 0 Å².